The first kappa shape index (κ1) is 19.9. The third kappa shape index (κ3) is 3.38. The highest BCUT2D eigenvalue weighted by Crippen LogP contribution is 2.38. The first-order chi connectivity index (χ1) is 14.3. The lowest BCUT2D eigenvalue weighted by Gasteiger charge is -2.36. The zero-order chi connectivity index (χ0) is 21.5. The smallest absolute Gasteiger partial charge is 0.287 e. The number of halogens is 1. The second-order valence-corrected chi connectivity index (χ2v) is 8.70. The van der Waals surface area contributed by atoms with Gasteiger partial charge in [0.1, 0.15) is 4.90 Å². The van der Waals surface area contributed by atoms with E-state index in [-0.39, 0.29) is 33.5 Å². The summed E-state index contributed by atoms with van der Waals surface area (Å²) in [6.07, 6.45) is 0. The summed E-state index contributed by atoms with van der Waals surface area (Å²) in [6, 6.07) is 17.2. The second kappa shape index (κ2) is 7.43. The van der Waals surface area contributed by atoms with Gasteiger partial charge in [0.2, 0.25) is 0 Å². The molecule has 3 aromatic rings. The van der Waals surface area contributed by atoms with Gasteiger partial charge >= 0.3 is 6.03 Å². The Labute approximate surface area is 177 Å². The summed E-state index contributed by atoms with van der Waals surface area (Å²) in [4.78, 5) is 25.0. The van der Waals surface area contributed by atoms with E-state index in [4.69, 9.17) is 11.6 Å². The van der Waals surface area contributed by atoms with Crippen LogP contribution in [0.4, 0.5) is 21.9 Å². The molecule has 10 heteroatoms. The van der Waals surface area contributed by atoms with Crippen molar-refractivity contribution in [2.75, 3.05) is 9.21 Å². The molecule has 3 aromatic carbocycles. The average molecular weight is 444 g/mol. The summed E-state index contributed by atoms with van der Waals surface area (Å²) in [5.41, 5.74) is 0.885. The SMILES string of the molecule is O=C1N(Cc2ccc([N+](=O)[O-])cc2)c2ccccc2S(=O)(=O)N1c1cccc(Cl)c1. The topological polar surface area (TPSA) is 101 Å². The summed E-state index contributed by atoms with van der Waals surface area (Å²) < 4.78 is 27.1. The molecule has 0 radical (unpaired) electrons. The van der Waals surface area contributed by atoms with E-state index >= 15 is 0 Å². The number of non-ortho nitro benzene ring substituents is 1. The molecule has 0 bridgehead atoms. The minimum atomic E-state index is -4.15. The number of sulfonamides is 1. The van der Waals surface area contributed by atoms with Gasteiger partial charge in [-0.05, 0) is 35.9 Å². The number of anilines is 2. The van der Waals surface area contributed by atoms with Gasteiger partial charge in [0.15, 0.2) is 0 Å². The van der Waals surface area contributed by atoms with Crippen LogP contribution in [0.1, 0.15) is 5.56 Å². The van der Waals surface area contributed by atoms with Crippen LogP contribution in [0.5, 0.6) is 0 Å². The van der Waals surface area contributed by atoms with Crippen molar-refractivity contribution in [1.29, 1.82) is 0 Å². The van der Waals surface area contributed by atoms with Crippen LogP contribution in [0.3, 0.4) is 0 Å². The Hall–Kier alpha value is -3.43. The number of carbonyl (C=O) groups excluding carboxylic acids is 1. The van der Waals surface area contributed by atoms with Crippen molar-refractivity contribution < 1.29 is 18.1 Å². The predicted octanol–water partition coefficient (Wildman–Crippen LogP) is 4.58. The Kier molecular flexibility index (Phi) is 4.92. The van der Waals surface area contributed by atoms with E-state index in [1.807, 2.05) is 0 Å². The molecule has 0 fully saturated rings. The number of para-hydroxylation sites is 1. The van der Waals surface area contributed by atoms with Crippen molar-refractivity contribution >= 4 is 44.7 Å². The van der Waals surface area contributed by atoms with Crippen molar-refractivity contribution in [2.24, 2.45) is 0 Å². The molecule has 30 heavy (non-hydrogen) atoms. The molecule has 0 aliphatic carbocycles. The third-order valence-electron chi connectivity index (χ3n) is 4.61. The molecule has 0 saturated heterocycles. The molecule has 4 rings (SSSR count). The summed E-state index contributed by atoms with van der Waals surface area (Å²) in [7, 11) is -4.15. The first-order valence-electron chi connectivity index (χ1n) is 8.74. The summed E-state index contributed by atoms with van der Waals surface area (Å²) >= 11 is 6.01. The summed E-state index contributed by atoms with van der Waals surface area (Å²) in [6.45, 7) is 0.0282. The zero-order valence-corrected chi connectivity index (χ0v) is 16.9. The van der Waals surface area contributed by atoms with Gasteiger partial charge in [-0.2, -0.15) is 4.31 Å². The molecule has 152 valence electrons. The minimum absolute atomic E-state index is 0.0218. The Morgan fingerprint density at radius 2 is 1.67 bits per heavy atom. The fourth-order valence-corrected chi connectivity index (χ4v) is 4.99. The molecule has 2 amide bonds. The van der Waals surface area contributed by atoms with Gasteiger partial charge in [-0.1, -0.05) is 41.9 Å². The van der Waals surface area contributed by atoms with Crippen molar-refractivity contribution in [2.45, 2.75) is 11.4 Å². The number of nitro benzene ring substituents is 1. The van der Waals surface area contributed by atoms with Crippen LogP contribution in [0.25, 0.3) is 0 Å². The van der Waals surface area contributed by atoms with Crippen LogP contribution in [0.2, 0.25) is 5.02 Å². The molecule has 1 heterocycles. The van der Waals surface area contributed by atoms with E-state index < -0.39 is 21.0 Å². The number of urea groups is 1. The number of hydrogen-bond acceptors (Lipinski definition) is 5. The largest absolute Gasteiger partial charge is 0.343 e. The first-order valence-corrected chi connectivity index (χ1v) is 10.6. The number of fused-ring (bicyclic) bond motifs is 1. The van der Waals surface area contributed by atoms with E-state index in [1.165, 1.54) is 47.4 Å². The standard InChI is InChI=1S/C20H14ClN3O5S/c21-15-4-3-5-17(12-15)23-20(25)22(13-14-8-10-16(11-9-14)24(26)27)18-6-1-2-7-19(18)30(23,28)29/h1-12H,13H2. The molecule has 0 aromatic heterocycles. The average Bonchev–Trinajstić information content (AvgIpc) is 2.71. The number of rotatable bonds is 4. The fourth-order valence-electron chi connectivity index (χ4n) is 3.22. The van der Waals surface area contributed by atoms with Gasteiger partial charge in [-0.15, -0.1) is 0 Å². The maximum atomic E-state index is 13.3. The lowest BCUT2D eigenvalue weighted by molar-refractivity contribution is -0.384. The number of carbonyl (C=O) groups is 1. The molecule has 0 saturated carbocycles. The van der Waals surface area contributed by atoms with Crippen molar-refractivity contribution in [1.82, 2.24) is 0 Å². The number of nitro groups is 1. The molecule has 8 nitrogen and oxygen atoms in total. The molecular weight excluding hydrogens is 430 g/mol. The monoisotopic (exact) mass is 443 g/mol. The molecule has 0 N–H and O–H groups in total. The van der Waals surface area contributed by atoms with Gasteiger partial charge in [0, 0.05) is 17.2 Å². The maximum absolute atomic E-state index is 13.3. The van der Waals surface area contributed by atoms with Crippen LogP contribution in [0.15, 0.2) is 77.7 Å². The lowest BCUT2D eigenvalue weighted by atomic mass is 10.2. The molecule has 1 aliphatic rings. The van der Waals surface area contributed by atoms with E-state index in [0.29, 0.717) is 9.87 Å². The van der Waals surface area contributed by atoms with Crippen molar-refractivity contribution in [3.05, 3.63) is 93.5 Å². The van der Waals surface area contributed by atoms with Crippen LogP contribution >= 0.6 is 11.6 Å². The Morgan fingerprint density at radius 3 is 2.33 bits per heavy atom. The van der Waals surface area contributed by atoms with Crippen molar-refractivity contribution in [3.63, 3.8) is 0 Å². The highest BCUT2D eigenvalue weighted by molar-refractivity contribution is 7.94. The van der Waals surface area contributed by atoms with Gasteiger partial charge in [-0.3, -0.25) is 15.0 Å². The Morgan fingerprint density at radius 1 is 0.967 bits per heavy atom. The Balaban J connectivity index is 1.81. The van der Waals surface area contributed by atoms with E-state index in [2.05, 4.69) is 0 Å². The molecule has 0 atom stereocenters. The van der Waals surface area contributed by atoms with Crippen LogP contribution < -0.4 is 9.21 Å². The normalized spacial score (nSPS) is 15.0. The maximum Gasteiger partial charge on any atom is 0.343 e. The van der Waals surface area contributed by atoms with Crippen LogP contribution in [-0.4, -0.2) is 19.4 Å². The van der Waals surface area contributed by atoms with E-state index in [9.17, 15) is 23.3 Å². The highest BCUT2D eigenvalue weighted by atomic mass is 35.5. The van der Waals surface area contributed by atoms with Gasteiger partial charge < -0.3 is 0 Å². The van der Waals surface area contributed by atoms with Gasteiger partial charge in [0.25, 0.3) is 15.7 Å². The summed E-state index contributed by atoms with van der Waals surface area (Å²) in [5, 5.41) is 11.2. The number of hydrogen-bond donors (Lipinski definition) is 0. The zero-order valence-electron chi connectivity index (χ0n) is 15.3. The number of benzene rings is 3. The highest BCUT2D eigenvalue weighted by Gasteiger charge is 2.42. The second-order valence-electron chi connectivity index (χ2n) is 6.51. The molecular formula is C20H14ClN3O5S. The van der Waals surface area contributed by atoms with Crippen LogP contribution in [0, 0.1) is 10.1 Å². The minimum Gasteiger partial charge on any atom is -0.287 e. The fraction of sp³-hybridized carbons (Fsp3) is 0.0500. The molecule has 0 spiro atoms. The van der Waals surface area contributed by atoms with Crippen LogP contribution in [-0.2, 0) is 16.6 Å². The van der Waals surface area contributed by atoms with Crippen molar-refractivity contribution in [3.8, 4) is 0 Å². The summed E-state index contributed by atoms with van der Waals surface area (Å²) in [5.74, 6) is 0. The molecule has 0 unspecified atom stereocenters. The third-order valence-corrected chi connectivity index (χ3v) is 6.59. The lowest BCUT2D eigenvalue weighted by Crippen LogP contribution is -2.50. The Bertz CT molecular complexity index is 1260. The number of amides is 2. The number of nitrogens with zero attached hydrogens (tertiary/aromatic N) is 3. The van der Waals surface area contributed by atoms with Gasteiger partial charge in [0.05, 0.1) is 22.8 Å². The van der Waals surface area contributed by atoms with E-state index in [1.54, 1.807) is 30.3 Å². The quantitative estimate of drug-likeness (QED) is 0.433. The predicted molar refractivity (Wildman–Crippen MR) is 112 cm³/mol. The van der Waals surface area contributed by atoms with Gasteiger partial charge in [-0.25, -0.2) is 13.2 Å². The van der Waals surface area contributed by atoms with E-state index in [0.717, 1.165) is 0 Å². The molecule has 1 aliphatic heterocycles.